The van der Waals surface area contributed by atoms with E-state index < -0.39 is 16.8 Å². The Bertz CT molecular complexity index is 1140. The zero-order valence-electron chi connectivity index (χ0n) is 31.8. The van der Waals surface area contributed by atoms with E-state index in [2.05, 4.69) is 0 Å². The average molecular weight is 678 g/mol. The second kappa shape index (κ2) is 23.4. The molecule has 1 atom stereocenters. The summed E-state index contributed by atoms with van der Waals surface area (Å²) >= 11 is 0. The first-order chi connectivity index (χ1) is 23.5. The van der Waals surface area contributed by atoms with Crippen LogP contribution in [0.15, 0.2) is 54.6 Å². The third-order valence-corrected chi connectivity index (χ3v) is 9.79. The van der Waals surface area contributed by atoms with Gasteiger partial charge < -0.3 is 14.4 Å². The minimum atomic E-state index is -0.913. The van der Waals surface area contributed by atoms with Gasteiger partial charge in [0, 0.05) is 17.7 Å². The fourth-order valence-electron chi connectivity index (χ4n) is 4.56. The molecule has 49 heavy (non-hydrogen) atoms. The van der Waals surface area contributed by atoms with Crippen LogP contribution >= 0.6 is 0 Å². The molecule has 0 radical (unpaired) electrons. The molecule has 0 bridgehead atoms. The molecule has 0 aliphatic heterocycles. The Labute approximate surface area is 298 Å². The standard InChI is InChI=1S/C27H35NO5.4C4H8/c1-7-27(4,25(31)32-18-17-28(5)6)19-26(2,3)24(30)33-22-15-13-21(14-16-22)23(29)20-11-9-8-10-12-20;4*1-2-4-3-1/h8-16H,7,17-19H2,1-6H3;4*1-4H2. The van der Waals surface area contributed by atoms with Gasteiger partial charge in [-0.15, -0.1) is 0 Å². The highest BCUT2D eigenvalue weighted by atomic mass is 16.5. The van der Waals surface area contributed by atoms with E-state index in [-0.39, 0.29) is 11.8 Å². The van der Waals surface area contributed by atoms with E-state index in [1.165, 1.54) is 103 Å². The van der Waals surface area contributed by atoms with Gasteiger partial charge in [-0.2, -0.15) is 0 Å². The molecular weight excluding hydrogens is 610 g/mol. The van der Waals surface area contributed by atoms with Crippen LogP contribution in [0.3, 0.4) is 0 Å². The van der Waals surface area contributed by atoms with E-state index in [0.717, 1.165) is 0 Å². The van der Waals surface area contributed by atoms with Gasteiger partial charge in [-0.1, -0.05) is 140 Å². The Morgan fingerprint density at radius 3 is 1.39 bits per heavy atom. The lowest BCUT2D eigenvalue weighted by atomic mass is 9.72. The van der Waals surface area contributed by atoms with Crippen LogP contribution in [0.25, 0.3) is 0 Å². The Hall–Kier alpha value is -2.99. The molecule has 4 aliphatic rings. The quantitative estimate of drug-likeness (QED) is 0.134. The number of hydrogen-bond donors (Lipinski definition) is 0. The lowest BCUT2D eigenvalue weighted by Gasteiger charge is -2.33. The Balaban J connectivity index is 0.000000413. The number of ether oxygens (including phenoxy) is 2. The predicted molar refractivity (Wildman–Crippen MR) is 202 cm³/mol. The van der Waals surface area contributed by atoms with E-state index in [9.17, 15) is 14.4 Å². The third-order valence-electron chi connectivity index (χ3n) is 9.79. The number of carbonyl (C=O) groups is 3. The molecule has 0 N–H and O–H groups in total. The summed E-state index contributed by atoms with van der Waals surface area (Å²) < 4.78 is 11.1. The van der Waals surface area contributed by atoms with Crippen molar-refractivity contribution in [3.63, 3.8) is 0 Å². The van der Waals surface area contributed by atoms with Crippen molar-refractivity contribution in [2.75, 3.05) is 27.2 Å². The molecule has 0 aromatic heterocycles. The van der Waals surface area contributed by atoms with Gasteiger partial charge in [-0.25, -0.2) is 0 Å². The smallest absolute Gasteiger partial charge is 0.316 e. The topological polar surface area (TPSA) is 72.9 Å². The number of likely N-dealkylation sites (N-methyl/N-ethyl adjacent to an activating group) is 1. The van der Waals surface area contributed by atoms with E-state index in [0.29, 0.717) is 42.9 Å². The lowest BCUT2D eigenvalue weighted by Crippen LogP contribution is -2.40. The van der Waals surface area contributed by atoms with Gasteiger partial charge in [0.1, 0.15) is 12.4 Å². The van der Waals surface area contributed by atoms with E-state index in [1.54, 1.807) is 50.2 Å². The molecule has 274 valence electrons. The zero-order valence-corrected chi connectivity index (χ0v) is 31.8. The van der Waals surface area contributed by atoms with Crippen LogP contribution in [0, 0.1) is 10.8 Å². The maximum atomic E-state index is 12.9. The lowest BCUT2D eigenvalue weighted by molar-refractivity contribution is -0.160. The molecule has 6 nitrogen and oxygen atoms in total. The van der Waals surface area contributed by atoms with Gasteiger partial charge in [0.05, 0.1) is 10.8 Å². The van der Waals surface area contributed by atoms with Crippen LogP contribution in [-0.4, -0.2) is 49.9 Å². The van der Waals surface area contributed by atoms with Crippen molar-refractivity contribution in [3.05, 3.63) is 65.7 Å². The van der Waals surface area contributed by atoms with Crippen LogP contribution in [0.2, 0.25) is 0 Å². The molecule has 6 heteroatoms. The Morgan fingerprint density at radius 1 is 0.612 bits per heavy atom. The maximum absolute atomic E-state index is 12.9. The minimum absolute atomic E-state index is 0.0969. The fourth-order valence-corrected chi connectivity index (χ4v) is 4.56. The summed E-state index contributed by atoms with van der Waals surface area (Å²) in [6, 6.07) is 15.5. The normalized spacial score (nSPS) is 16.8. The summed E-state index contributed by atoms with van der Waals surface area (Å²) in [7, 11) is 3.83. The minimum Gasteiger partial charge on any atom is -0.464 e. The molecule has 4 saturated carbocycles. The Morgan fingerprint density at radius 2 is 1.02 bits per heavy atom. The molecule has 2 aromatic carbocycles. The van der Waals surface area contributed by atoms with Crippen molar-refractivity contribution in [1.29, 1.82) is 0 Å². The van der Waals surface area contributed by atoms with Crippen molar-refractivity contribution in [2.24, 2.45) is 10.8 Å². The van der Waals surface area contributed by atoms with Gasteiger partial charge in [0.25, 0.3) is 0 Å². The van der Waals surface area contributed by atoms with Crippen LogP contribution in [0.4, 0.5) is 0 Å². The van der Waals surface area contributed by atoms with Crippen molar-refractivity contribution in [2.45, 2.75) is 143 Å². The van der Waals surface area contributed by atoms with Gasteiger partial charge in [0.2, 0.25) is 0 Å². The summed E-state index contributed by atoms with van der Waals surface area (Å²) in [4.78, 5) is 40.2. The molecule has 4 fully saturated rings. The van der Waals surface area contributed by atoms with Crippen molar-refractivity contribution < 1.29 is 23.9 Å². The number of esters is 2. The first-order valence-corrected chi connectivity index (χ1v) is 19.2. The van der Waals surface area contributed by atoms with Gasteiger partial charge >= 0.3 is 11.9 Å². The van der Waals surface area contributed by atoms with Crippen molar-refractivity contribution in [1.82, 2.24) is 4.90 Å². The summed E-state index contributed by atoms with van der Waals surface area (Å²) in [6.07, 6.45) is 24.8. The second-order valence-electron chi connectivity index (χ2n) is 15.2. The highest BCUT2D eigenvalue weighted by Gasteiger charge is 2.43. The zero-order chi connectivity index (χ0) is 36.0. The van der Waals surface area contributed by atoms with Gasteiger partial charge in [-0.3, -0.25) is 14.4 Å². The van der Waals surface area contributed by atoms with E-state index in [4.69, 9.17) is 9.47 Å². The number of carbonyl (C=O) groups excluding carboxylic acids is 3. The monoisotopic (exact) mass is 678 g/mol. The highest BCUT2D eigenvalue weighted by molar-refractivity contribution is 6.09. The molecule has 0 heterocycles. The van der Waals surface area contributed by atoms with Gasteiger partial charge in [-0.05, 0) is 72.0 Å². The molecule has 4 aliphatic carbocycles. The molecule has 0 saturated heterocycles. The summed E-state index contributed by atoms with van der Waals surface area (Å²) in [6.45, 7) is 8.22. The molecule has 0 amide bonds. The van der Waals surface area contributed by atoms with Crippen LogP contribution < -0.4 is 4.74 Å². The fraction of sp³-hybridized carbons (Fsp3) is 0.651. The molecule has 6 rings (SSSR count). The Kier molecular flexibility index (Phi) is 20.2. The third kappa shape index (κ3) is 17.0. The number of hydrogen-bond acceptors (Lipinski definition) is 6. The number of rotatable bonds is 11. The molecule has 2 aromatic rings. The highest BCUT2D eigenvalue weighted by Crippen LogP contribution is 2.38. The molecule has 0 spiro atoms. The summed E-state index contributed by atoms with van der Waals surface area (Å²) in [5.74, 6) is -0.494. The number of ketones is 1. The van der Waals surface area contributed by atoms with Crippen LogP contribution in [0.5, 0.6) is 5.75 Å². The van der Waals surface area contributed by atoms with Crippen LogP contribution in [-0.2, 0) is 14.3 Å². The first-order valence-electron chi connectivity index (χ1n) is 19.2. The largest absolute Gasteiger partial charge is 0.464 e. The summed E-state index contributed by atoms with van der Waals surface area (Å²) in [5.41, 5.74) is -0.607. The maximum Gasteiger partial charge on any atom is 0.316 e. The van der Waals surface area contributed by atoms with Crippen molar-refractivity contribution in [3.8, 4) is 5.75 Å². The van der Waals surface area contributed by atoms with E-state index >= 15 is 0 Å². The SMILES string of the molecule is C1CCC1.C1CCC1.C1CCC1.C1CCC1.CCC(C)(CC(C)(C)C(=O)Oc1ccc(C(=O)c2ccccc2)cc1)C(=O)OCCN(C)C. The summed E-state index contributed by atoms with van der Waals surface area (Å²) in [5, 5.41) is 0. The second-order valence-corrected chi connectivity index (χ2v) is 15.2. The van der Waals surface area contributed by atoms with Gasteiger partial charge in [0.15, 0.2) is 5.78 Å². The number of benzene rings is 2. The van der Waals surface area contributed by atoms with Crippen LogP contribution in [0.1, 0.15) is 159 Å². The van der Waals surface area contributed by atoms with E-state index in [1.807, 2.05) is 51.0 Å². The molecular formula is C43H67NO5. The molecule has 1 unspecified atom stereocenters. The number of nitrogens with zero attached hydrogens (tertiary/aromatic N) is 1. The average Bonchev–Trinajstić information content (AvgIpc) is 2.93. The first kappa shape index (κ1) is 42.2. The van der Waals surface area contributed by atoms with Crippen molar-refractivity contribution >= 4 is 17.7 Å². The predicted octanol–water partition coefficient (Wildman–Crippen LogP) is 11.0.